The molecule has 0 bridgehead atoms. The molecule has 1 saturated heterocycles. The van der Waals surface area contributed by atoms with Gasteiger partial charge in [0.2, 0.25) is 5.95 Å². The molecular formula is C33H41BrN7O2P. The SMILES string of the molecule is COc1cc(Nc2ncc(Br)c(Nc3ccc4nc(C5CC5)ccc4c3P(C)(C)=O)n2)c(C)cc1N1CCC(N(C)C)CC1. The van der Waals surface area contributed by atoms with E-state index in [1.165, 1.54) is 12.8 Å². The first-order chi connectivity index (χ1) is 21.0. The second-order valence-corrected chi connectivity index (χ2v) is 16.6. The molecule has 11 heteroatoms. The second-order valence-electron chi connectivity index (χ2n) is 12.6. The van der Waals surface area contributed by atoms with E-state index in [9.17, 15) is 4.57 Å². The van der Waals surface area contributed by atoms with Gasteiger partial charge in [-0.3, -0.25) is 4.98 Å². The van der Waals surface area contributed by atoms with Crippen LogP contribution in [0.5, 0.6) is 5.75 Å². The van der Waals surface area contributed by atoms with Crippen LogP contribution in [0.3, 0.4) is 0 Å². The number of rotatable bonds is 9. The van der Waals surface area contributed by atoms with Gasteiger partial charge < -0.3 is 29.7 Å². The summed E-state index contributed by atoms with van der Waals surface area (Å²) in [6.07, 6.45) is 6.35. The van der Waals surface area contributed by atoms with Crippen LogP contribution in [-0.4, -0.2) is 73.5 Å². The standard InChI is InChI=1S/C33H41BrN7O2P/c1-20-17-29(41-15-13-22(14-16-41)40(2)3)30(43-4)18-28(20)38-33-35-19-24(34)32(39-33)37-27-12-11-26-23(31(27)44(5,6)42)9-10-25(36-26)21-7-8-21/h9-12,17-19,21-22H,7-8,13-16H2,1-6H3,(H2,35,37,38,39). The lowest BCUT2D eigenvalue weighted by atomic mass is 10.0. The van der Waals surface area contributed by atoms with Crippen molar-refractivity contribution in [1.82, 2.24) is 19.9 Å². The Hall–Kier alpha value is -3.20. The normalized spacial score (nSPS) is 16.0. The van der Waals surface area contributed by atoms with E-state index in [2.05, 4.69) is 80.6 Å². The minimum Gasteiger partial charge on any atom is -0.495 e. The lowest BCUT2D eigenvalue weighted by Crippen LogP contribution is -2.42. The topological polar surface area (TPSA) is 95.5 Å². The third kappa shape index (κ3) is 6.44. The van der Waals surface area contributed by atoms with Gasteiger partial charge in [-0.25, -0.2) is 4.98 Å². The fourth-order valence-corrected chi connectivity index (χ4v) is 7.87. The number of halogens is 1. The molecule has 2 aliphatic rings. The number of ether oxygens (including phenoxy) is 1. The van der Waals surface area contributed by atoms with E-state index in [-0.39, 0.29) is 0 Å². The molecule has 0 amide bonds. The fourth-order valence-electron chi connectivity index (χ4n) is 6.10. The van der Waals surface area contributed by atoms with Gasteiger partial charge in [-0.05, 0) is 106 Å². The first-order valence-corrected chi connectivity index (χ1v) is 18.6. The molecule has 1 aliphatic heterocycles. The third-order valence-electron chi connectivity index (χ3n) is 8.70. The number of pyridine rings is 1. The van der Waals surface area contributed by atoms with E-state index in [0.29, 0.717) is 28.2 Å². The Morgan fingerprint density at radius 2 is 1.75 bits per heavy atom. The number of hydrogen-bond acceptors (Lipinski definition) is 9. The molecule has 3 heterocycles. The van der Waals surface area contributed by atoms with Crippen molar-refractivity contribution in [3.8, 4) is 5.75 Å². The average Bonchev–Trinajstić information content (AvgIpc) is 3.84. The molecule has 4 aromatic rings. The maximum Gasteiger partial charge on any atom is 0.229 e. The molecule has 0 spiro atoms. The quantitative estimate of drug-likeness (QED) is 0.178. The van der Waals surface area contributed by atoms with Crippen LogP contribution >= 0.6 is 23.1 Å². The number of aromatic nitrogens is 3. The molecule has 1 saturated carbocycles. The Kier molecular flexibility index (Phi) is 8.61. The van der Waals surface area contributed by atoms with Crippen LogP contribution in [0.4, 0.5) is 28.8 Å². The summed E-state index contributed by atoms with van der Waals surface area (Å²) < 4.78 is 20.2. The monoisotopic (exact) mass is 677 g/mol. The third-order valence-corrected chi connectivity index (χ3v) is 10.8. The highest BCUT2D eigenvalue weighted by molar-refractivity contribution is 9.10. The zero-order valence-electron chi connectivity index (χ0n) is 26.3. The number of nitrogens with one attached hydrogen (secondary N) is 2. The molecule has 2 aromatic heterocycles. The molecule has 9 nitrogen and oxygen atoms in total. The molecule has 1 aliphatic carbocycles. The van der Waals surface area contributed by atoms with Crippen molar-refractivity contribution < 1.29 is 9.30 Å². The lowest BCUT2D eigenvalue weighted by Gasteiger charge is -2.37. The smallest absolute Gasteiger partial charge is 0.229 e. The van der Waals surface area contributed by atoms with Crippen LogP contribution in [0.1, 0.15) is 42.9 Å². The van der Waals surface area contributed by atoms with E-state index >= 15 is 0 Å². The van der Waals surface area contributed by atoms with Gasteiger partial charge in [-0.15, -0.1) is 0 Å². The van der Waals surface area contributed by atoms with Crippen molar-refractivity contribution in [2.75, 3.05) is 63.2 Å². The molecule has 232 valence electrons. The molecule has 2 N–H and O–H groups in total. The van der Waals surface area contributed by atoms with E-state index in [1.807, 2.05) is 18.2 Å². The number of anilines is 5. The molecule has 0 radical (unpaired) electrons. The van der Waals surface area contributed by atoms with Crippen molar-refractivity contribution in [3.05, 3.63) is 58.3 Å². The largest absolute Gasteiger partial charge is 0.495 e. The Labute approximate surface area is 268 Å². The molecule has 6 rings (SSSR count). The summed E-state index contributed by atoms with van der Waals surface area (Å²) in [5.41, 5.74) is 5.80. The zero-order valence-corrected chi connectivity index (χ0v) is 28.8. The van der Waals surface area contributed by atoms with Gasteiger partial charge >= 0.3 is 0 Å². The zero-order chi connectivity index (χ0) is 31.2. The summed E-state index contributed by atoms with van der Waals surface area (Å²) in [5.74, 6) is 2.38. The van der Waals surface area contributed by atoms with E-state index < -0.39 is 7.14 Å². The van der Waals surface area contributed by atoms with Crippen LogP contribution in [0.15, 0.2) is 47.1 Å². The fraction of sp³-hybridized carbons (Fsp3) is 0.424. The number of nitrogens with zero attached hydrogens (tertiary/aromatic N) is 5. The number of hydrogen-bond donors (Lipinski definition) is 2. The number of piperidine rings is 1. The summed E-state index contributed by atoms with van der Waals surface area (Å²) in [4.78, 5) is 19.0. The highest BCUT2D eigenvalue weighted by atomic mass is 79.9. The highest BCUT2D eigenvalue weighted by Gasteiger charge is 2.27. The molecule has 2 fully saturated rings. The van der Waals surface area contributed by atoms with Gasteiger partial charge in [0.05, 0.1) is 28.5 Å². The van der Waals surface area contributed by atoms with Crippen LogP contribution in [-0.2, 0) is 4.57 Å². The van der Waals surface area contributed by atoms with E-state index in [4.69, 9.17) is 14.7 Å². The Bertz CT molecular complexity index is 1750. The minimum atomic E-state index is -2.68. The maximum atomic E-state index is 13.6. The molecule has 44 heavy (non-hydrogen) atoms. The Morgan fingerprint density at radius 3 is 2.41 bits per heavy atom. The average molecular weight is 679 g/mol. The van der Waals surface area contributed by atoms with Gasteiger partial charge in [0.1, 0.15) is 18.7 Å². The van der Waals surface area contributed by atoms with Crippen LogP contribution in [0.25, 0.3) is 10.9 Å². The van der Waals surface area contributed by atoms with Crippen molar-refractivity contribution in [2.24, 2.45) is 0 Å². The molecule has 0 atom stereocenters. The number of fused-ring (bicyclic) bond motifs is 1. The van der Waals surface area contributed by atoms with Gasteiger partial charge in [-0.2, -0.15) is 4.98 Å². The van der Waals surface area contributed by atoms with Gasteiger partial charge in [0.25, 0.3) is 0 Å². The van der Waals surface area contributed by atoms with E-state index in [0.717, 1.165) is 76.2 Å². The molecular weight excluding hydrogens is 637 g/mol. The number of aryl methyl sites for hydroxylation is 1. The first-order valence-electron chi connectivity index (χ1n) is 15.2. The maximum absolute atomic E-state index is 13.6. The van der Waals surface area contributed by atoms with Crippen molar-refractivity contribution in [3.63, 3.8) is 0 Å². The van der Waals surface area contributed by atoms with Crippen molar-refractivity contribution in [1.29, 1.82) is 0 Å². The van der Waals surface area contributed by atoms with Crippen LogP contribution in [0, 0.1) is 6.92 Å². The molecule has 2 aromatic carbocycles. The number of benzene rings is 2. The predicted molar refractivity (Wildman–Crippen MR) is 186 cm³/mol. The van der Waals surface area contributed by atoms with E-state index in [1.54, 1.807) is 26.6 Å². The van der Waals surface area contributed by atoms with Gasteiger partial charge in [0.15, 0.2) is 0 Å². The first kappa shape index (κ1) is 30.8. The Balaban J connectivity index is 1.27. The molecule has 0 unspecified atom stereocenters. The second kappa shape index (κ2) is 12.3. The summed E-state index contributed by atoms with van der Waals surface area (Å²) in [7, 11) is 3.35. The highest BCUT2D eigenvalue weighted by Crippen LogP contribution is 2.44. The Morgan fingerprint density at radius 1 is 1.00 bits per heavy atom. The summed E-state index contributed by atoms with van der Waals surface area (Å²) >= 11 is 3.61. The minimum absolute atomic E-state index is 0.440. The number of methoxy groups -OCH3 is 1. The predicted octanol–water partition coefficient (Wildman–Crippen LogP) is 7.25. The summed E-state index contributed by atoms with van der Waals surface area (Å²) in [6.45, 7) is 7.67. The summed E-state index contributed by atoms with van der Waals surface area (Å²) in [6, 6.07) is 12.9. The summed E-state index contributed by atoms with van der Waals surface area (Å²) in [5, 5.41) is 8.52. The van der Waals surface area contributed by atoms with Crippen molar-refractivity contribution >= 4 is 68.1 Å². The lowest BCUT2D eigenvalue weighted by molar-refractivity contribution is 0.249. The van der Waals surface area contributed by atoms with Gasteiger partial charge in [-0.1, -0.05) is 6.07 Å². The van der Waals surface area contributed by atoms with Crippen LogP contribution in [0.2, 0.25) is 0 Å². The van der Waals surface area contributed by atoms with Gasteiger partial charge in [0, 0.05) is 59.4 Å². The van der Waals surface area contributed by atoms with Crippen molar-refractivity contribution in [2.45, 2.75) is 44.6 Å². The van der Waals surface area contributed by atoms with Crippen LogP contribution < -0.4 is 25.6 Å².